The average Bonchev–Trinajstić information content (AvgIpc) is 2.95. The van der Waals surface area contributed by atoms with Crippen LogP contribution in [0, 0.1) is 18.8 Å². The zero-order valence-electron chi connectivity index (χ0n) is 26.6. The lowest BCUT2D eigenvalue weighted by molar-refractivity contribution is -0.154. The lowest BCUT2D eigenvalue weighted by Crippen LogP contribution is -2.31. The van der Waals surface area contributed by atoms with Gasteiger partial charge in [-0.15, -0.1) is 0 Å². The Morgan fingerprint density at radius 3 is 2.09 bits per heavy atom. The molecule has 0 radical (unpaired) electrons. The van der Waals surface area contributed by atoms with Crippen LogP contribution in [-0.2, 0) is 19.1 Å². The Balaban J connectivity index is 1.89. The maximum atomic E-state index is 14.5. The van der Waals surface area contributed by atoms with Crippen molar-refractivity contribution >= 4 is 16.9 Å². The molecular weight excluding hydrogens is 583 g/mol. The number of ether oxygens (including phenoxy) is 2. The predicted octanol–water partition coefficient (Wildman–Crippen LogP) is 9.20. The number of fused-ring (bicyclic) bond motifs is 1. The van der Waals surface area contributed by atoms with Gasteiger partial charge in [0.1, 0.15) is 17.1 Å². The van der Waals surface area contributed by atoms with Crippen molar-refractivity contribution in [3.05, 3.63) is 98.9 Å². The van der Waals surface area contributed by atoms with E-state index in [1.807, 2.05) is 41.5 Å². The van der Waals surface area contributed by atoms with Gasteiger partial charge in [0, 0.05) is 19.6 Å². The number of carbonyl (C=O) groups is 1. The van der Waals surface area contributed by atoms with Crippen LogP contribution < -0.4 is 14.9 Å². The number of hydrogen-bond donors (Lipinski definition) is 0. The monoisotopic (exact) mass is 623 g/mol. The van der Waals surface area contributed by atoms with Crippen LogP contribution >= 0.6 is 0 Å². The summed E-state index contributed by atoms with van der Waals surface area (Å²) in [6.45, 7) is 13.4. The lowest BCUT2D eigenvalue weighted by Gasteiger charge is -2.27. The topological polar surface area (TPSA) is 69.0 Å². The van der Waals surface area contributed by atoms with Gasteiger partial charge >= 0.3 is 12.1 Å². The highest BCUT2D eigenvalue weighted by atomic mass is 19.4. The highest BCUT2D eigenvalue weighted by Gasteiger charge is 2.41. The van der Waals surface area contributed by atoms with E-state index in [2.05, 4.69) is 4.90 Å². The normalized spacial score (nSPS) is 12.0. The van der Waals surface area contributed by atoms with E-state index in [0.717, 1.165) is 24.0 Å². The molecule has 0 spiro atoms. The number of halogens is 3. The van der Waals surface area contributed by atoms with Crippen molar-refractivity contribution in [3.8, 4) is 17.2 Å². The van der Waals surface area contributed by atoms with E-state index in [-0.39, 0.29) is 52.0 Å². The molecule has 4 rings (SSSR count). The third kappa shape index (κ3) is 8.54. The number of benzene rings is 3. The molecule has 0 atom stereocenters. The van der Waals surface area contributed by atoms with Crippen molar-refractivity contribution in [3.63, 3.8) is 0 Å². The largest absolute Gasteiger partial charge is 0.453 e. The van der Waals surface area contributed by atoms with Crippen molar-refractivity contribution in [2.45, 2.75) is 67.1 Å². The summed E-state index contributed by atoms with van der Waals surface area (Å²) in [5, 5.41) is -0.111. The third-order valence-electron chi connectivity index (χ3n) is 7.14. The Bertz CT molecular complexity index is 1660. The molecule has 45 heavy (non-hydrogen) atoms. The summed E-state index contributed by atoms with van der Waals surface area (Å²) in [5.74, 6) is -2.62. The molecule has 9 heteroatoms. The lowest BCUT2D eigenvalue weighted by atomic mass is 10.1. The molecule has 0 unspecified atom stereocenters. The average molecular weight is 624 g/mol. The fraction of sp³-hybridized carbons (Fsp3) is 0.389. The highest BCUT2D eigenvalue weighted by Crippen LogP contribution is 2.40. The van der Waals surface area contributed by atoms with Crippen molar-refractivity contribution in [1.82, 2.24) is 4.90 Å². The van der Waals surface area contributed by atoms with E-state index >= 15 is 0 Å². The highest BCUT2D eigenvalue weighted by molar-refractivity contribution is 5.92. The summed E-state index contributed by atoms with van der Waals surface area (Å²) in [5.41, 5.74) is 1.12. The van der Waals surface area contributed by atoms with Crippen LogP contribution in [0.5, 0.6) is 17.2 Å². The van der Waals surface area contributed by atoms with Crippen LogP contribution in [0.4, 0.5) is 13.2 Å². The molecule has 0 aliphatic heterocycles. The van der Waals surface area contributed by atoms with Crippen LogP contribution in [0.25, 0.3) is 11.0 Å². The Labute approximate surface area is 261 Å². The summed E-state index contributed by atoms with van der Waals surface area (Å²) >= 11 is 0. The number of hydrogen-bond acceptors (Lipinski definition) is 6. The van der Waals surface area contributed by atoms with Gasteiger partial charge in [0.25, 0.3) is 5.76 Å². The zero-order valence-corrected chi connectivity index (χ0v) is 26.6. The van der Waals surface area contributed by atoms with Crippen LogP contribution in [0.2, 0.25) is 0 Å². The van der Waals surface area contributed by atoms with Crippen molar-refractivity contribution < 1.29 is 31.9 Å². The van der Waals surface area contributed by atoms with Crippen LogP contribution in [0.1, 0.15) is 73.8 Å². The van der Waals surface area contributed by atoms with Crippen LogP contribution in [0.15, 0.2) is 69.9 Å². The Hall–Kier alpha value is -4.11. The van der Waals surface area contributed by atoms with E-state index in [9.17, 15) is 22.8 Å². The summed E-state index contributed by atoms with van der Waals surface area (Å²) < 4.78 is 60.5. The standard InChI is InChI=1S/C36H40F3NO5/c1-7-8-25-11-15-27(16-12-25)43-33-31(41)28-17-18-30(44-35(42)26-13-9-24(6)10-14-26)29(32(28)45-34(33)36(37,38)39)21-40(19-22(2)3)20-23(4)5/h9-18,22-23H,7-8,19-21H2,1-6H3. The Kier molecular flexibility index (Phi) is 10.8. The number of nitrogens with zero attached hydrogens (tertiary/aromatic N) is 1. The molecule has 0 amide bonds. The van der Waals surface area contributed by atoms with Gasteiger partial charge in [-0.25, -0.2) is 4.79 Å². The van der Waals surface area contributed by atoms with Gasteiger partial charge < -0.3 is 13.9 Å². The minimum absolute atomic E-state index is 0.0158. The van der Waals surface area contributed by atoms with Gasteiger partial charge in [0.2, 0.25) is 11.2 Å². The fourth-order valence-electron chi connectivity index (χ4n) is 5.24. The van der Waals surface area contributed by atoms with Crippen LogP contribution in [0.3, 0.4) is 0 Å². The maximum Gasteiger partial charge on any atom is 0.453 e. The molecular formula is C36H40F3NO5. The summed E-state index contributed by atoms with van der Waals surface area (Å²) in [6.07, 6.45) is -3.34. The third-order valence-corrected chi connectivity index (χ3v) is 7.14. The first-order valence-electron chi connectivity index (χ1n) is 15.2. The minimum Gasteiger partial charge on any atom is -0.449 e. The molecule has 3 aromatic carbocycles. The fourth-order valence-corrected chi connectivity index (χ4v) is 5.24. The second kappa shape index (κ2) is 14.3. The number of alkyl halides is 3. The predicted molar refractivity (Wildman–Crippen MR) is 169 cm³/mol. The first-order valence-corrected chi connectivity index (χ1v) is 15.2. The zero-order chi connectivity index (χ0) is 32.9. The molecule has 0 aliphatic carbocycles. The van der Waals surface area contributed by atoms with E-state index in [1.165, 1.54) is 24.3 Å². The second-order valence-electron chi connectivity index (χ2n) is 12.2. The Morgan fingerprint density at radius 2 is 1.53 bits per heavy atom. The SMILES string of the molecule is CCCc1ccc(Oc2c(C(F)(F)F)oc3c(CN(CC(C)C)CC(C)C)c(OC(=O)c4ccc(C)cc4)ccc3c2=O)cc1. The summed E-state index contributed by atoms with van der Waals surface area (Å²) in [6, 6.07) is 16.1. The van der Waals surface area contributed by atoms with Crippen molar-refractivity contribution in [2.75, 3.05) is 13.1 Å². The van der Waals surface area contributed by atoms with Gasteiger partial charge in [-0.1, -0.05) is 70.9 Å². The first-order chi connectivity index (χ1) is 21.3. The molecule has 0 bridgehead atoms. The number of aryl methyl sites for hydroxylation is 2. The summed E-state index contributed by atoms with van der Waals surface area (Å²) in [7, 11) is 0. The molecule has 0 aliphatic rings. The van der Waals surface area contributed by atoms with Gasteiger partial charge in [-0.05, 0) is 67.1 Å². The van der Waals surface area contributed by atoms with E-state index in [1.54, 1.807) is 36.4 Å². The summed E-state index contributed by atoms with van der Waals surface area (Å²) in [4.78, 5) is 28.9. The second-order valence-corrected chi connectivity index (χ2v) is 12.2. The molecule has 0 saturated carbocycles. The van der Waals surface area contributed by atoms with Gasteiger partial charge in [0.05, 0.1) is 16.5 Å². The van der Waals surface area contributed by atoms with E-state index in [0.29, 0.717) is 13.1 Å². The molecule has 1 heterocycles. The first kappa shape index (κ1) is 33.8. The maximum absolute atomic E-state index is 14.5. The molecule has 0 N–H and O–H groups in total. The molecule has 240 valence electrons. The minimum atomic E-state index is -5.05. The van der Waals surface area contributed by atoms with Crippen LogP contribution in [-0.4, -0.2) is 24.0 Å². The van der Waals surface area contributed by atoms with Gasteiger partial charge in [0.15, 0.2) is 0 Å². The molecule has 6 nitrogen and oxygen atoms in total. The van der Waals surface area contributed by atoms with Crippen molar-refractivity contribution in [2.24, 2.45) is 11.8 Å². The van der Waals surface area contributed by atoms with Crippen molar-refractivity contribution in [1.29, 1.82) is 0 Å². The number of carbonyl (C=O) groups excluding carboxylic acids is 1. The van der Waals surface area contributed by atoms with E-state index in [4.69, 9.17) is 13.9 Å². The molecule has 1 aromatic heterocycles. The molecule has 0 saturated heterocycles. The van der Waals surface area contributed by atoms with E-state index < -0.39 is 29.1 Å². The van der Waals surface area contributed by atoms with Gasteiger partial charge in [-0.2, -0.15) is 13.2 Å². The quantitative estimate of drug-likeness (QED) is 0.116. The molecule has 4 aromatic rings. The molecule has 0 fully saturated rings. The van der Waals surface area contributed by atoms with Gasteiger partial charge in [-0.3, -0.25) is 9.69 Å². The Morgan fingerprint density at radius 1 is 0.911 bits per heavy atom. The number of esters is 1. The smallest absolute Gasteiger partial charge is 0.449 e. The number of rotatable bonds is 12.